The standard InChI is InChI=1S/C15H12ClF2NO/c16-11-6-9-4-5-20-15(9)10(7-11)8-19-13-3-1-2-12(17)14(13)18/h1-3,6-7,19H,4-5,8H2. The molecular weight excluding hydrogens is 284 g/mol. The summed E-state index contributed by atoms with van der Waals surface area (Å²) in [6.45, 7) is 0.945. The summed E-state index contributed by atoms with van der Waals surface area (Å²) in [5.74, 6) is -0.964. The Bertz CT molecular complexity index is 661. The lowest BCUT2D eigenvalue weighted by Gasteiger charge is -2.12. The minimum absolute atomic E-state index is 0.122. The number of benzene rings is 2. The van der Waals surface area contributed by atoms with Gasteiger partial charge in [-0.2, -0.15) is 0 Å². The molecule has 0 atom stereocenters. The van der Waals surface area contributed by atoms with Crippen molar-refractivity contribution in [2.24, 2.45) is 0 Å². The molecule has 0 saturated heterocycles. The van der Waals surface area contributed by atoms with Crippen molar-refractivity contribution < 1.29 is 13.5 Å². The molecule has 20 heavy (non-hydrogen) atoms. The summed E-state index contributed by atoms with van der Waals surface area (Å²) in [6, 6.07) is 7.68. The maximum atomic E-state index is 13.6. The van der Waals surface area contributed by atoms with Crippen LogP contribution in [0.3, 0.4) is 0 Å². The smallest absolute Gasteiger partial charge is 0.181 e. The first-order chi connectivity index (χ1) is 9.65. The van der Waals surface area contributed by atoms with Gasteiger partial charge in [-0.05, 0) is 29.8 Å². The number of anilines is 1. The molecule has 0 bridgehead atoms. The van der Waals surface area contributed by atoms with E-state index in [1.165, 1.54) is 12.1 Å². The number of halogens is 3. The van der Waals surface area contributed by atoms with Gasteiger partial charge in [0.05, 0.1) is 12.3 Å². The summed E-state index contributed by atoms with van der Waals surface area (Å²) in [5.41, 5.74) is 2.01. The second kappa shape index (κ2) is 5.29. The molecule has 0 saturated carbocycles. The molecule has 1 heterocycles. The third kappa shape index (κ3) is 2.43. The van der Waals surface area contributed by atoms with E-state index in [1.807, 2.05) is 6.07 Å². The van der Waals surface area contributed by atoms with E-state index in [-0.39, 0.29) is 5.69 Å². The van der Waals surface area contributed by atoms with Gasteiger partial charge in [0.15, 0.2) is 11.6 Å². The zero-order valence-corrected chi connectivity index (χ0v) is 11.3. The van der Waals surface area contributed by atoms with Crippen molar-refractivity contribution in [3.8, 4) is 5.75 Å². The molecule has 104 valence electrons. The van der Waals surface area contributed by atoms with E-state index in [1.54, 1.807) is 6.07 Å². The van der Waals surface area contributed by atoms with Crippen LogP contribution in [0.4, 0.5) is 14.5 Å². The first-order valence-corrected chi connectivity index (χ1v) is 6.65. The molecule has 1 N–H and O–H groups in total. The number of hydrogen-bond donors (Lipinski definition) is 1. The summed E-state index contributed by atoms with van der Waals surface area (Å²) in [4.78, 5) is 0. The zero-order chi connectivity index (χ0) is 14.1. The highest BCUT2D eigenvalue weighted by molar-refractivity contribution is 6.30. The molecule has 5 heteroatoms. The highest BCUT2D eigenvalue weighted by atomic mass is 35.5. The molecule has 0 fully saturated rings. The van der Waals surface area contributed by atoms with Crippen LogP contribution in [0.2, 0.25) is 5.02 Å². The maximum absolute atomic E-state index is 13.6. The second-order valence-corrected chi connectivity index (χ2v) is 5.04. The Morgan fingerprint density at radius 1 is 1.25 bits per heavy atom. The molecule has 0 radical (unpaired) electrons. The normalized spacial score (nSPS) is 12.9. The van der Waals surface area contributed by atoms with Crippen LogP contribution in [-0.4, -0.2) is 6.61 Å². The lowest BCUT2D eigenvalue weighted by atomic mass is 10.1. The van der Waals surface area contributed by atoms with Crippen molar-refractivity contribution in [2.45, 2.75) is 13.0 Å². The van der Waals surface area contributed by atoms with Gasteiger partial charge in [0.25, 0.3) is 0 Å². The van der Waals surface area contributed by atoms with Crippen molar-refractivity contribution in [3.63, 3.8) is 0 Å². The number of ether oxygens (including phenoxy) is 1. The third-order valence-corrected chi connectivity index (χ3v) is 3.46. The first-order valence-electron chi connectivity index (χ1n) is 6.27. The molecular formula is C15H12ClF2NO. The average Bonchev–Trinajstić information content (AvgIpc) is 2.88. The lowest BCUT2D eigenvalue weighted by Crippen LogP contribution is -2.04. The van der Waals surface area contributed by atoms with Gasteiger partial charge in [0, 0.05) is 23.6 Å². The van der Waals surface area contributed by atoms with Gasteiger partial charge in [-0.25, -0.2) is 8.78 Å². The van der Waals surface area contributed by atoms with Gasteiger partial charge in [-0.3, -0.25) is 0 Å². The van der Waals surface area contributed by atoms with Crippen LogP contribution in [0.5, 0.6) is 5.75 Å². The average molecular weight is 296 g/mol. The highest BCUT2D eigenvalue weighted by Crippen LogP contribution is 2.33. The van der Waals surface area contributed by atoms with Gasteiger partial charge in [-0.1, -0.05) is 17.7 Å². The summed E-state index contributed by atoms with van der Waals surface area (Å²) >= 11 is 6.05. The van der Waals surface area contributed by atoms with E-state index in [0.29, 0.717) is 18.2 Å². The Balaban J connectivity index is 1.84. The molecule has 0 unspecified atom stereocenters. The number of fused-ring (bicyclic) bond motifs is 1. The van der Waals surface area contributed by atoms with Crippen LogP contribution >= 0.6 is 11.6 Å². The van der Waals surface area contributed by atoms with Gasteiger partial charge < -0.3 is 10.1 Å². The molecule has 0 aromatic heterocycles. The molecule has 1 aliphatic rings. The fraction of sp³-hybridized carbons (Fsp3) is 0.200. The fourth-order valence-electron chi connectivity index (χ4n) is 2.31. The van der Waals surface area contributed by atoms with Crippen molar-refractivity contribution >= 4 is 17.3 Å². The minimum atomic E-state index is -0.882. The minimum Gasteiger partial charge on any atom is -0.493 e. The first kappa shape index (κ1) is 13.2. The van der Waals surface area contributed by atoms with Crippen molar-refractivity contribution in [2.75, 3.05) is 11.9 Å². The van der Waals surface area contributed by atoms with Gasteiger partial charge in [0.1, 0.15) is 5.75 Å². The molecule has 2 aromatic rings. The van der Waals surface area contributed by atoms with Crippen LogP contribution in [-0.2, 0) is 13.0 Å². The van der Waals surface area contributed by atoms with Gasteiger partial charge in [-0.15, -0.1) is 0 Å². The van der Waals surface area contributed by atoms with Crippen LogP contribution in [0.1, 0.15) is 11.1 Å². The van der Waals surface area contributed by atoms with Crippen molar-refractivity contribution in [1.82, 2.24) is 0 Å². The largest absolute Gasteiger partial charge is 0.493 e. The van der Waals surface area contributed by atoms with Crippen LogP contribution in [0, 0.1) is 11.6 Å². The summed E-state index contributed by atoms with van der Waals surface area (Å²) < 4.78 is 32.3. The van der Waals surface area contributed by atoms with Crippen LogP contribution < -0.4 is 10.1 Å². The summed E-state index contributed by atoms with van der Waals surface area (Å²) in [6.07, 6.45) is 0.817. The molecule has 0 spiro atoms. The SMILES string of the molecule is Fc1cccc(NCc2cc(Cl)cc3c2OCC3)c1F. The maximum Gasteiger partial charge on any atom is 0.181 e. The van der Waals surface area contributed by atoms with E-state index in [9.17, 15) is 8.78 Å². The Hall–Kier alpha value is -1.81. The molecule has 3 rings (SSSR count). The van der Waals surface area contributed by atoms with Crippen LogP contribution in [0.25, 0.3) is 0 Å². The third-order valence-electron chi connectivity index (χ3n) is 3.25. The number of rotatable bonds is 3. The Labute approximate surface area is 120 Å². The monoisotopic (exact) mass is 295 g/mol. The van der Waals surface area contributed by atoms with Gasteiger partial charge in [0.2, 0.25) is 0 Å². The Morgan fingerprint density at radius 2 is 2.10 bits per heavy atom. The summed E-state index contributed by atoms with van der Waals surface area (Å²) in [7, 11) is 0. The molecule has 1 aliphatic heterocycles. The number of nitrogens with one attached hydrogen (secondary N) is 1. The Kier molecular flexibility index (Phi) is 3.49. The second-order valence-electron chi connectivity index (χ2n) is 4.61. The molecule has 0 amide bonds. The molecule has 2 nitrogen and oxygen atoms in total. The van der Waals surface area contributed by atoms with Crippen LogP contribution in [0.15, 0.2) is 30.3 Å². The zero-order valence-electron chi connectivity index (χ0n) is 10.6. The van der Waals surface area contributed by atoms with E-state index in [2.05, 4.69) is 5.32 Å². The van der Waals surface area contributed by atoms with E-state index in [4.69, 9.17) is 16.3 Å². The lowest BCUT2D eigenvalue weighted by molar-refractivity contribution is 0.354. The highest BCUT2D eigenvalue weighted by Gasteiger charge is 2.18. The quantitative estimate of drug-likeness (QED) is 0.918. The fourth-order valence-corrected chi connectivity index (χ4v) is 2.57. The summed E-state index contributed by atoms with van der Waals surface area (Å²) in [5, 5.41) is 3.49. The van der Waals surface area contributed by atoms with E-state index >= 15 is 0 Å². The van der Waals surface area contributed by atoms with Gasteiger partial charge >= 0.3 is 0 Å². The van der Waals surface area contributed by atoms with E-state index < -0.39 is 11.6 Å². The van der Waals surface area contributed by atoms with E-state index in [0.717, 1.165) is 29.4 Å². The topological polar surface area (TPSA) is 21.3 Å². The van der Waals surface area contributed by atoms with Crippen molar-refractivity contribution in [3.05, 3.63) is 58.1 Å². The van der Waals surface area contributed by atoms with Crippen molar-refractivity contribution in [1.29, 1.82) is 0 Å². The molecule has 2 aromatic carbocycles. The Morgan fingerprint density at radius 3 is 2.95 bits per heavy atom. The predicted molar refractivity (Wildman–Crippen MR) is 74.3 cm³/mol. The predicted octanol–water partition coefficient (Wildman–Crippen LogP) is 4.17. The molecule has 0 aliphatic carbocycles. The number of hydrogen-bond acceptors (Lipinski definition) is 2.